The molecule has 0 aromatic heterocycles. The standard InChI is InChI=1S/C15H19N3O3.C10H19NO2.C4H10.C2H6/c19-11-16-10-14(20)18-8-6-13(7-9-18)17-15(21)12-4-2-1-3-5-12;1-8(7-10(12)11-13)6-9-4-2-3-5-9;1-4(2)3;1-2/h1-5,11,13H,6-10H2,(H,16,19)(H,17,21);8-9,13H,2-7H2,1H3,(H,11,12);4H,1-3H3;1-2H3. The van der Waals surface area contributed by atoms with Gasteiger partial charge in [-0.15, -0.1) is 0 Å². The lowest BCUT2D eigenvalue weighted by molar-refractivity contribution is -0.132. The average molecular weight is 563 g/mol. The summed E-state index contributed by atoms with van der Waals surface area (Å²) >= 11 is 0. The van der Waals surface area contributed by atoms with Crippen LogP contribution >= 0.6 is 0 Å². The predicted molar refractivity (Wildman–Crippen MR) is 160 cm³/mol. The number of carbonyl (C=O) groups excluding carboxylic acids is 4. The highest BCUT2D eigenvalue weighted by atomic mass is 16.5. The molecular weight excluding hydrogens is 508 g/mol. The molecule has 1 saturated carbocycles. The Kier molecular flexibility index (Phi) is 21.2. The average Bonchev–Trinajstić information content (AvgIpc) is 3.46. The van der Waals surface area contributed by atoms with Crippen LogP contribution in [0.1, 0.15) is 103 Å². The van der Waals surface area contributed by atoms with Gasteiger partial charge in [-0.05, 0) is 49.1 Å². The fourth-order valence-corrected chi connectivity index (χ4v) is 4.63. The van der Waals surface area contributed by atoms with Crippen molar-refractivity contribution in [1.29, 1.82) is 0 Å². The van der Waals surface area contributed by atoms with Crippen LogP contribution in [0.25, 0.3) is 0 Å². The molecule has 9 nitrogen and oxygen atoms in total. The molecule has 1 atom stereocenters. The molecule has 1 heterocycles. The molecule has 1 unspecified atom stereocenters. The van der Waals surface area contributed by atoms with Gasteiger partial charge in [0, 0.05) is 31.1 Å². The lowest BCUT2D eigenvalue weighted by atomic mass is 9.92. The number of likely N-dealkylation sites (tertiary alicyclic amines) is 1. The third-order valence-electron chi connectivity index (χ3n) is 6.42. The molecule has 0 radical (unpaired) electrons. The molecule has 1 aromatic rings. The highest BCUT2D eigenvalue weighted by Gasteiger charge is 2.24. The van der Waals surface area contributed by atoms with Crippen molar-refractivity contribution in [3.63, 3.8) is 0 Å². The second-order valence-corrected chi connectivity index (χ2v) is 11.0. The van der Waals surface area contributed by atoms with Gasteiger partial charge < -0.3 is 15.5 Å². The van der Waals surface area contributed by atoms with E-state index in [4.69, 9.17) is 5.21 Å². The minimum absolute atomic E-state index is 0.0323. The zero-order valence-electron chi connectivity index (χ0n) is 25.6. The van der Waals surface area contributed by atoms with Crippen molar-refractivity contribution < 1.29 is 24.4 Å². The molecule has 4 amide bonds. The second kappa shape index (κ2) is 22.8. The van der Waals surface area contributed by atoms with Gasteiger partial charge in [0.05, 0.1) is 6.54 Å². The highest BCUT2D eigenvalue weighted by molar-refractivity contribution is 5.94. The Morgan fingerprint density at radius 2 is 1.52 bits per heavy atom. The van der Waals surface area contributed by atoms with Crippen molar-refractivity contribution in [2.24, 2.45) is 17.8 Å². The van der Waals surface area contributed by atoms with Gasteiger partial charge in [-0.25, -0.2) is 5.48 Å². The summed E-state index contributed by atoms with van der Waals surface area (Å²) in [5, 5.41) is 13.7. The van der Waals surface area contributed by atoms with Crippen LogP contribution in [0, 0.1) is 17.8 Å². The maximum absolute atomic E-state index is 12.0. The summed E-state index contributed by atoms with van der Waals surface area (Å²) in [6.07, 6.45) is 8.91. The van der Waals surface area contributed by atoms with Crippen LogP contribution in [-0.2, 0) is 14.4 Å². The largest absolute Gasteiger partial charge is 0.350 e. The zero-order valence-corrected chi connectivity index (χ0v) is 25.6. The molecule has 1 saturated heterocycles. The number of piperidine rings is 1. The smallest absolute Gasteiger partial charge is 0.251 e. The van der Waals surface area contributed by atoms with E-state index in [0.717, 1.165) is 31.1 Å². The fourth-order valence-electron chi connectivity index (χ4n) is 4.63. The number of hydrogen-bond donors (Lipinski definition) is 4. The number of benzene rings is 1. The summed E-state index contributed by atoms with van der Waals surface area (Å²) in [5.41, 5.74) is 2.33. The molecule has 1 aromatic carbocycles. The molecule has 2 fully saturated rings. The van der Waals surface area contributed by atoms with E-state index in [0.29, 0.717) is 37.4 Å². The predicted octanol–water partition coefficient (Wildman–Crippen LogP) is 4.94. The first-order chi connectivity index (χ1) is 19.2. The van der Waals surface area contributed by atoms with Crippen LogP contribution in [-0.4, -0.2) is 59.9 Å². The molecule has 1 aliphatic heterocycles. The lowest BCUT2D eigenvalue weighted by Crippen LogP contribution is -2.48. The Bertz CT molecular complexity index is 818. The first-order valence-electron chi connectivity index (χ1n) is 14.9. The summed E-state index contributed by atoms with van der Waals surface area (Å²) in [7, 11) is 0. The van der Waals surface area contributed by atoms with Crippen LogP contribution in [0.4, 0.5) is 0 Å². The minimum atomic E-state index is -0.259. The highest BCUT2D eigenvalue weighted by Crippen LogP contribution is 2.31. The number of hydrogen-bond acceptors (Lipinski definition) is 5. The topological polar surface area (TPSA) is 128 Å². The van der Waals surface area contributed by atoms with Crippen molar-refractivity contribution in [1.82, 2.24) is 21.0 Å². The summed E-state index contributed by atoms with van der Waals surface area (Å²) in [6.45, 7) is 13.8. The number of rotatable bonds is 9. The third kappa shape index (κ3) is 17.6. The molecule has 2 aliphatic rings. The molecule has 9 heteroatoms. The number of amides is 4. The van der Waals surface area contributed by atoms with Crippen LogP contribution in [0.2, 0.25) is 0 Å². The maximum atomic E-state index is 12.0. The minimum Gasteiger partial charge on any atom is -0.350 e. The third-order valence-corrected chi connectivity index (χ3v) is 6.42. The SMILES string of the molecule is CC.CC(C)C.CC(CC(=O)NO)CC1CCCC1.O=CNCC(=O)N1CCC(NC(=O)c2ccccc2)CC1. The van der Waals surface area contributed by atoms with Gasteiger partial charge in [0.15, 0.2) is 0 Å². The Morgan fingerprint density at radius 1 is 0.975 bits per heavy atom. The number of nitrogens with zero attached hydrogens (tertiary/aromatic N) is 1. The van der Waals surface area contributed by atoms with Crippen molar-refractivity contribution in [3.05, 3.63) is 35.9 Å². The zero-order chi connectivity index (χ0) is 30.3. The van der Waals surface area contributed by atoms with Crippen molar-refractivity contribution in [2.45, 2.75) is 99.0 Å². The van der Waals surface area contributed by atoms with Gasteiger partial charge in [0.1, 0.15) is 0 Å². The van der Waals surface area contributed by atoms with Crippen molar-refractivity contribution in [2.75, 3.05) is 19.6 Å². The molecule has 1 aliphatic carbocycles. The normalized spacial score (nSPS) is 15.7. The van der Waals surface area contributed by atoms with Crippen molar-refractivity contribution in [3.8, 4) is 0 Å². The fraction of sp³-hybridized carbons (Fsp3) is 0.677. The molecule has 40 heavy (non-hydrogen) atoms. The quantitative estimate of drug-likeness (QED) is 0.193. The van der Waals surface area contributed by atoms with E-state index in [1.807, 2.05) is 32.0 Å². The van der Waals surface area contributed by atoms with Crippen LogP contribution in [0.3, 0.4) is 0 Å². The Balaban J connectivity index is 0.000000682. The first kappa shape index (κ1) is 37.1. The molecule has 228 valence electrons. The van der Waals surface area contributed by atoms with Crippen LogP contribution in [0.15, 0.2) is 30.3 Å². The number of carbonyl (C=O) groups is 4. The first-order valence-corrected chi connectivity index (χ1v) is 14.9. The molecule has 0 bridgehead atoms. The van der Waals surface area contributed by atoms with E-state index in [2.05, 4.69) is 38.3 Å². The van der Waals surface area contributed by atoms with Gasteiger partial charge in [-0.2, -0.15) is 0 Å². The van der Waals surface area contributed by atoms with Crippen LogP contribution in [0.5, 0.6) is 0 Å². The Morgan fingerprint density at radius 3 is 2.02 bits per heavy atom. The number of nitrogens with one attached hydrogen (secondary N) is 3. The van der Waals surface area contributed by atoms with Gasteiger partial charge in [-0.1, -0.05) is 85.4 Å². The van der Waals surface area contributed by atoms with Crippen LogP contribution < -0.4 is 16.1 Å². The summed E-state index contributed by atoms with van der Waals surface area (Å²) in [4.78, 5) is 46.5. The van der Waals surface area contributed by atoms with Gasteiger partial charge in [0.2, 0.25) is 18.2 Å². The van der Waals surface area contributed by atoms with E-state index in [9.17, 15) is 19.2 Å². The Hall–Kier alpha value is -2.94. The lowest BCUT2D eigenvalue weighted by Gasteiger charge is -2.32. The van der Waals surface area contributed by atoms with E-state index >= 15 is 0 Å². The monoisotopic (exact) mass is 562 g/mol. The molecular formula is C31H54N4O5. The molecule has 3 rings (SSSR count). The second-order valence-electron chi connectivity index (χ2n) is 11.0. The van der Waals surface area contributed by atoms with E-state index < -0.39 is 0 Å². The summed E-state index contributed by atoms with van der Waals surface area (Å²) in [6, 6.07) is 9.17. The van der Waals surface area contributed by atoms with Crippen molar-refractivity contribution >= 4 is 24.1 Å². The van der Waals surface area contributed by atoms with Gasteiger partial charge >= 0.3 is 0 Å². The van der Waals surface area contributed by atoms with Gasteiger partial charge in [0.25, 0.3) is 5.91 Å². The van der Waals surface area contributed by atoms with E-state index in [1.54, 1.807) is 22.5 Å². The summed E-state index contributed by atoms with van der Waals surface area (Å²) < 4.78 is 0. The molecule has 0 spiro atoms. The maximum Gasteiger partial charge on any atom is 0.251 e. The molecule has 4 N–H and O–H groups in total. The van der Waals surface area contributed by atoms with Gasteiger partial charge in [-0.3, -0.25) is 24.4 Å². The van der Waals surface area contributed by atoms with E-state index in [1.165, 1.54) is 25.7 Å². The van der Waals surface area contributed by atoms with E-state index in [-0.39, 0.29) is 30.3 Å². The Labute approximate surface area is 241 Å². The summed E-state index contributed by atoms with van der Waals surface area (Å²) in [5.74, 6) is 1.63. The number of hydroxylamine groups is 1.